The van der Waals surface area contributed by atoms with Crippen LogP contribution in [0.3, 0.4) is 0 Å². The van der Waals surface area contributed by atoms with E-state index in [2.05, 4.69) is 10.6 Å². The summed E-state index contributed by atoms with van der Waals surface area (Å²) in [4.78, 5) is 12.1. The number of carbonyl (C=O) groups excluding carboxylic acids is 1. The lowest BCUT2D eigenvalue weighted by molar-refractivity contribution is 0.00546. The highest BCUT2D eigenvalue weighted by Crippen LogP contribution is 2.47. The molecular weight excluding hydrogens is 352 g/mol. The monoisotopic (exact) mass is 372 g/mol. The average molecular weight is 373 g/mol. The van der Waals surface area contributed by atoms with Crippen LogP contribution in [0.1, 0.15) is 18.4 Å². The van der Waals surface area contributed by atoms with E-state index in [0.717, 1.165) is 25.0 Å². The molecule has 26 heavy (non-hydrogen) atoms. The second kappa shape index (κ2) is 7.17. The Balaban J connectivity index is 1.27. The van der Waals surface area contributed by atoms with E-state index in [9.17, 15) is 4.79 Å². The number of urea groups is 1. The first kappa shape index (κ1) is 17.2. The Kier molecular flexibility index (Phi) is 4.74. The van der Waals surface area contributed by atoms with Crippen molar-refractivity contribution in [3.63, 3.8) is 0 Å². The average Bonchev–Trinajstić information content (AvgIpc) is 3.21. The Hall–Kier alpha value is -2.24. The minimum absolute atomic E-state index is 0.119. The van der Waals surface area contributed by atoms with Crippen LogP contribution in [-0.2, 0) is 11.3 Å². The molecule has 2 saturated heterocycles. The lowest BCUT2D eigenvalue weighted by Gasteiger charge is -2.35. The Morgan fingerprint density at radius 1 is 1.23 bits per heavy atom. The molecular formula is C20H21ClN2O3. The number of halogens is 1. The molecule has 2 aromatic carbocycles. The fraction of sp³-hybridized carbons (Fsp3) is 0.350. The molecule has 2 amide bonds. The number of fused-ring (bicyclic) bond motifs is 1. The number of hydrogen-bond donors (Lipinski definition) is 2. The molecule has 2 bridgehead atoms. The third-order valence-electron chi connectivity index (χ3n) is 4.93. The van der Waals surface area contributed by atoms with Crippen LogP contribution >= 0.6 is 11.6 Å². The maximum Gasteiger partial charge on any atom is 0.319 e. The topological polar surface area (TPSA) is 59.6 Å². The molecule has 2 aliphatic heterocycles. The van der Waals surface area contributed by atoms with Gasteiger partial charge >= 0.3 is 6.03 Å². The summed E-state index contributed by atoms with van der Waals surface area (Å²) in [5, 5.41) is 6.45. The standard InChI is InChI=1S/C20H21ClN2O3/c21-16-6-4-14(5-7-16)11-25-18-3-1-2-17(8-18)23-19(24)22-13-20-9-15(10-20)12-26-20/h1-8,15H,9-13H2,(H2,22,23,24). The largest absolute Gasteiger partial charge is 0.489 e. The molecule has 5 rings (SSSR count). The Labute approximate surface area is 157 Å². The van der Waals surface area contributed by atoms with Crippen LogP contribution in [-0.4, -0.2) is 24.8 Å². The summed E-state index contributed by atoms with van der Waals surface area (Å²) in [6.45, 7) is 1.83. The van der Waals surface area contributed by atoms with E-state index in [1.165, 1.54) is 0 Å². The zero-order valence-electron chi connectivity index (χ0n) is 14.3. The number of nitrogens with one attached hydrogen (secondary N) is 2. The predicted molar refractivity (Wildman–Crippen MR) is 101 cm³/mol. The Morgan fingerprint density at radius 3 is 2.77 bits per heavy atom. The molecule has 0 atom stereocenters. The van der Waals surface area contributed by atoms with Crippen LogP contribution in [0, 0.1) is 5.92 Å². The van der Waals surface area contributed by atoms with Crippen LogP contribution in [0.25, 0.3) is 0 Å². The molecule has 1 aliphatic carbocycles. The van der Waals surface area contributed by atoms with Crippen molar-refractivity contribution < 1.29 is 14.3 Å². The van der Waals surface area contributed by atoms with E-state index in [0.29, 0.717) is 35.5 Å². The third kappa shape index (κ3) is 3.94. The highest BCUT2D eigenvalue weighted by Gasteiger charge is 2.51. The summed E-state index contributed by atoms with van der Waals surface area (Å²) in [7, 11) is 0. The molecule has 2 N–H and O–H groups in total. The summed E-state index contributed by atoms with van der Waals surface area (Å²) in [6.07, 6.45) is 2.11. The first-order valence-corrected chi connectivity index (χ1v) is 9.14. The van der Waals surface area contributed by atoms with Crippen LogP contribution in [0.15, 0.2) is 48.5 Å². The predicted octanol–water partition coefficient (Wildman–Crippen LogP) is 4.22. The number of benzene rings is 2. The van der Waals surface area contributed by atoms with E-state index in [4.69, 9.17) is 21.1 Å². The van der Waals surface area contributed by atoms with Gasteiger partial charge in [-0.2, -0.15) is 0 Å². The van der Waals surface area contributed by atoms with E-state index in [1.807, 2.05) is 42.5 Å². The molecule has 5 nitrogen and oxygen atoms in total. The Bertz CT molecular complexity index is 782. The van der Waals surface area contributed by atoms with Gasteiger partial charge in [0.2, 0.25) is 0 Å². The fourth-order valence-corrected chi connectivity index (χ4v) is 3.67. The number of anilines is 1. The summed E-state index contributed by atoms with van der Waals surface area (Å²) in [5.74, 6) is 1.38. The van der Waals surface area contributed by atoms with Crippen LogP contribution in [0.5, 0.6) is 5.75 Å². The van der Waals surface area contributed by atoms with Gasteiger partial charge in [-0.3, -0.25) is 0 Å². The summed E-state index contributed by atoms with van der Waals surface area (Å²) < 4.78 is 11.5. The molecule has 2 heterocycles. The van der Waals surface area contributed by atoms with Crippen LogP contribution in [0.4, 0.5) is 10.5 Å². The molecule has 136 valence electrons. The first-order chi connectivity index (χ1) is 12.6. The fourth-order valence-electron chi connectivity index (χ4n) is 3.55. The van der Waals surface area contributed by atoms with Crippen molar-refractivity contribution in [2.75, 3.05) is 18.5 Å². The summed E-state index contributed by atoms with van der Waals surface area (Å²) in [5.41, 5.74) is 1.60. The number of amides is 2. The van der Waals surface area contributed by atoms with Gasteiger partial charge in [0.1, 0.15) is 12.4 Å². The van der Waals surface area contributed by atoms with Gasteiger partial charge in [0.15, 0.2) is 0 Å². The molecule has 2 aromatic rings. The Morgan fingerprint density at radius 2 is 2.04 bits per heavy atom. The zero-order chi connectivity index (χ0) is 18.0. The minimum atomic E-state index is -0.229. The SMILES string of the molecule is O=C(NCC12CC(CO1)C2)Nc1cccc(OCc2ccc(Cl)cc2)c1. The van der Waals surface area contributed by atoms with Crippen molar-refractivity contribution in [1.29, 1.82) is 0 Å². The van der Waals surface area contributed by atoms with E-state index in [-0.39, 0.29) is 11.6 Å². The van der Waals surface area contributed by atoms with Crippen LogP contribution < -0.4 is 15.4 Å². The lowest BCUT2D eigenvalue weighted by atomic mass is 9.74. The minimum Gasteiger partial charge on any atom is -0.489 e. The van der Waals surface area contributed by atoms with Gasteiger partial charge < -0.3 is 20.1 Å². The maximum absolute atomic E-state index is 12.1. The van der Waals surface area contributed by atoms with Gasteiger partial charge in [-0.25, -0.2) is 4.79 Å². The molecule has 1 saturated carbocycles. The smallest absolute Gasteiger partial charge is 0.319 e. The van der Waals surface area contributed by atoms with Gasteiger partial charge in [0, 0.05) is 23.3 Å². The molecule has 0 aromatic heterocycles. The van der Waals surface area contributed by atoms with E-state index in [1.54, 1.807) is 6.07 Å². The molecule has 3 fully saturated rings. The van der Waals surface area contributed by atoms with E-state index < -0.39 is 0 Å². The van der Waals surface area contributed by atoms with Crippen LogP contribution in [0.2, 0.25) is 5.02 Å². The van der Waals surface area contributed by atoms with E-state index >= 15 is 0 Å². The van der Waals surface area contributed by atoms with Crippen molar-refractivity contribution in [2.24, 2.45) is 5.92 Å². The van der Waals surface area contributed by atoms with Gasteiger partial charge in [0.05, 0.1) is 12.2 Å². The maximum atomic E-state index is 12.1. The normalized spacial score (nSPS) is 23.2. The van der Waals surface area contributed by atoms with Gasteiger partial charge in [-0.05, 0) is 48.6 Å². The molecule has 3 aliphatic rings. The molecule has 0 spiro atoms. The number of hydrogen-bond acceptors (Lipinski definition) is 3. The van der Waals surface area contributed by atoms with Gasteiger partial charge in [-0.15, -0.1) is 0 Å². The van der Waals surface area contributed by atoms with Crippen molar-refractivity contribution in [3.8, 4) is 5.75 Å². The molecule has 0 radical (unpaired) electrons. The highest BCUT2D eigenvalue weighted by molar-refractivity contribution is 6.30. The number of carbonyl (C=O) groups is 1. The second-order valence-electron chi connectivity index (χ2n) is 7.02. The zero-order valence-corrected chi connectivity index (χ0v) is 15.1. The summed E-state index contributed by atoms with van der Waals surface area (Å²) >= 11 is 5.88. The van der Waals surface area contributed by atoms with Gasteiger partial charge in [0.25, 0.3) is 0 Å². The third-order valence-corrected chi connectivity index (χ3v) is 5.18. The quantitative estimate of drug-likeness (QED) is 0.798. The summed E-state index contributed by atoms with van der Waals surface area (Å²) in [6, 6.07) is 14.6. The van der Waals surface area contributed by atoms with Crippen molar-refractivity contribution in [1.82, 2.24) is 5.32 Å². The first-order valence-electron chi connectivity index (χ1n) is 8.76. The highest BCUT2D eigenvalue weighted by atomic mass is 35.5. The molecule has 6 heteroatoms. The van der Waals surface area contributed by atoms with Crippen molar-refractivity contribution in [2.45, 2.75) is 25.0 Å². The van der Waals surface area contributed by atoms with Crippen molar-refractivity contribution in [3.05, 3.63) is 59.1 Å². The van der Waals surface area contributed by atoms with Crippen molar-refractivity contribution >= 4 is 23.3 Å². The van der Waals surface area contributed by atoms with Gasteiger partial charge in [-0.1, -0.05) is 29.8 Å². The molecule has 0 unspecified atom stereocenters. The number of rotatable bonds is 6. The number of ether oxygens (including phenoxy) is 2. The lowest BCUT2D eigenvalue weighted by Crippen LogP contribution is -2.48. The second-order valence-corrected chi connectivity index (χ2v) is 7.46.